The molecule has 0 aromatic heterocycles. The minimum absolute atomic E-state index is 0.727. The molecule has 1 N–H and O–H groups in total. The molecule has 1 aliphatic carbocycles. The van der Waals surface area contributed by atoms with E-state index in [1.165, 1.54) is 30.4 Å². The Balaban J connectivity index is 1.98. The van der Waals surface area contributed by atoms with Gasteiger partial charge in [0.05, 0.1) is 13.2 Å². The first kappa shape index (κ1) is 15.8. The zero-order chi connectivity index (χ0) is 14.4. The Morgan fingerprint density at radius 1 is 1.35 bits per heavy atom. The van der Waals surface area contributed by atoms with Gasteiger partial charge in [0, 0.05) is 30.2 Å². The van der Waals surface area contributed by atoms with Crippen LogP contribution in [0.5, 0.6) is 5.75 Å². The number of rotatable bonds is 8. The van der Waals surface area contributed by atoms with Crippen molar-refractivity contribution in [3.63, 3.8) is 0 Å². The Morgan fingerprint density at radius 2 is 2.15 bits per heavy atom. The molecule has 0 radical (unpaired) electrons. The van der Waals surface area contributed by atoms with E-state index in [1.54, 1.807) is 7.11 Å². The number of hydrogen-bond acceptors (Lipinski definition) is 3. The third-order valence-corrected chi connectivity index (χ3v) is 4.26. The second-order valence-corrected chi connectivity index (χ2v) is 6.40. The highest BCUT2D eigenvalue weighted by molar-refractivity contribution is 9.10. The zero-order valence-electron chi connectivity index (χ0n) is 12.4. The topological polar surface area (TPSA) is 30.5 Å². The van der Waals surface area contributed by atoms with E-state index < -0.39 is 0 Å². The maximum Gasteiger partial charge on any atom is 0.126 e. The van der Waals surface area contributed by atoms with E-state index in [-0.39, 0.29) is 0 Å². The molecule has 112 valence electrons. The molecule has 0 heterocycles. The number of benzene rings is 1. The van der Waals surface area contributed by atoms with Crippen molar-refractivity contribution in [3.05, 3.63) is 27.7 Å². The lowest BCUT2D eigenvalue weighted by atomic mass is 9.86. The van der Waals surface area contributed by atoms with E-state index in [2.05, 4.69) is 40.3 Å². The average molecular weight is 342 g/mol. The van der Waals surface area contributed by atoms with Gasteiger partial charge in [-0.25, -0.2) is 0 Å². The SMILES string of the molecule is COCCNCc1cc(Br)cc(C)c1OCC1CCC1. The second-order valence-electron chi connectivity index (χ2n) is 5.49. The number of halogens is 1. The predicted octanol–water partition coefficient (Wildman–Crippen LogP) is 3.67. The predicted molar refractivity (Wildman–Crippen MR) is 85.3 cm³/mol. The van der Waals surface area contributed by atoms with E-state index >= 15 is 0 Å². The summed E-state index contributed by atoms with van der Waals surface area (Å²) in [5.41, 5.74) is 2.41. The quantitative estimate of drug-likeness (QED) is 0.731. The summed E-state index contributed by atoms with van der Waals surface area (Å²) >= 11 is 3.57. The van der Waals surface area contributed by atoms with Gasteiger partial charge in [-0.2, -0.15) is 0 Å². The van der Waals surface area contributed by atoms with Gasteiger partial charge < -0.3 is 14.8 Å². The number of hydrogen-bond donors (Lipinski definition) is 1. The summed E-state index contributed by atoms with van der Waals surface area (Å²) in [5.74, 6) is 1.80. The molecule has 1 aromatic rings. The van der Waals surface area contributed by atoms with Crippen LogP contribution in [-0.2, 0) is 11.3 Å². The van der Waals surface area contributed by atoms with Gasteiger partial charge in [0.15, 0.2) is 0 Å². The standard InChI is InChI=1S/C16H24BrNO2/c1-12-8-15(17)9-14(10-18-6-7-19-2)16(12)20-11-13-4-3-5-13/h8-9,13,18H,3-7,10-11H2,1-2H3. The maximum atomic E-state index is 6.09. The fraction of sp³-hybridized carbons (Fsp3) is 0.625. The fourth-order valence-electron chi connectivity index (χ4n) is 2.40. The normalized spacial score (nSPS) is 15.2. The van der Waals surface area contributed by atoms with Crippen LogP contribution in [0.15, 0.2) is 16.6 Å². The van der Waals surface area contributed by atoms with E-state index in [0.717, 1.165) is 42.4 Å². The van der Waals surface area contributed by atoms with Crippen molar-refractivity contribution in [1.29, 1.82) is 0 Å². The van der Waals surface area contributed by atoms with E-state index in [1.807, 2.05) is 0 Å². The van der Waals surface area contributed by atoms with Gasteiger partial charge in [-0.1, -0.05) is 22.4 Å². The van der Waals surface area contributed by atoms with E-state index in [9.17, 15) is 0 Å². The van der Waals surface area contributed by atoms with Crippen LogP contribution in [0, 0.1) is 12.8 Å². The van der Waals surface area contributed by atoms with Crippen molar-refractivity contribution >= 4 is 15.9 Å². The van der Waals surface area contributed by atoms with Gasteiger partial charge >= 0.3 is 0 Å². The molecular weight excluding hydrogens is 318 g/mol. The number of ether oxygens (including phenoxy) is 2. The van der Waals surface area contributed by atoms with Gasteiger partial charge in [0.25, 0.3) is 0 Å². The van der Waals surface area contributed by atoms with Crippen molar-refractivity contribution in [1.82, 2.24) is 5.32 Å². The highest BCUT2D eigenvalue weighted by Gasteiger charge is 2.19. The smallest absolute Gasteiger partial charge is 0.126 e. The molecule has 4 heteroatoms. The first-order chi connectivity index (χ1) is 9.70. The molecule has 0 unspecified atom stereocenters. The number of aryl methyl sites for hydroxylation is 1. The first-order valence-electron chi connectivity index (χ1n) is 7.32. The lowest BCUT2D eigenvalue weighted by Gasteiger charge is -2.26. The molecule has 1 aliphatic rings. The van der Waals surface area contributed by atoms with Crippen molar-refractivity contribution in [3.8, 4) is 5.75 Å². The van der Waals surface area contributed by atoms with Gasteiger partial charge in [-0.05, 0) is 43.4 Å². The highest BCUT2D eigenvalue weighted by atomic mass is 79.9. The minimum atomic E-state index is 0.727. The van der Waals surface area contributed by atoms with Crippen molar-refractivity contribution < 1.29 is 9.47 Å². The van der Waals surface area contributed by atoms with E-state index in [0.29, 0.717) is 0 Å². The summed E-state index contributed by atoms with van der Waals surface area (Å²) in [6.45, 7) is 5.35. The molecule has 1 aromatic carbocycles. The lowest BCUT2D eigenvalue weighted by Crippen LogP contribution is -2.22. The molecule has 1 saturated carbocycles. The van der Waals surface area contributed by atoms with Crippen LogP contribution in [-0.4, -0.2) is 26.9 Å². The summed E-state index contributed by atoms with van der Waals surface area (Å²) in [5, 5.41) is 3.39. The summed E-state index contributed by atoms with van der Waals surface area (Å²) in [4.78, 5) is 0. The van der Waals surface area contributed by atoms with Gasteiger partial charge in [-0.3, -0.25) is 0 Å². The Labute approximate surface area is 130 Å². The Hall–Kier alpha value is -0.580. The molecule has 1 fully saturated rings. The molecule has 2 rings (SSSR count). The van der Waals surface area contributed by atoms with Crippen molar-refractivity contribution in [2.24, 2.45) is 5.92 Å². The third-order valence-electron chi connectivity index (χ3n) is 3.80. The molecule has 0 saturated heterocycles. The van der Waals surface area contributed by atoms with Crippen LogP contribution in [0.4, 0.5) is 0 Å². The average Bonchev–Trinajstić information content (AvgIpc) is 2.35. The summed E-state index contributed by atoms with van der Waals surface area (Å²) in [6.07, 6.45) is 3.99. The van der Waals surface area contributed by atoms with Gasteiger partial charge in [-0.15, -0.1) is 0 Å². The van der Waals surface area contributed by atoms with Crippen LogP contribution < -0.4 is 10.1 Å². The minimum Gasteiger partial charge on any atom is -0.493 e. The van der Waals surface area contributed by atoms with Crippen molar-refractivity contribution in [2.75, 3.05) is 26.9 Å². The first-order valence-corrected chi connectivity index (χ1v) is 8.11. The van der Waals surface area contributed by atoms with Crippen molar-refractivity contribution in [2.45, 2.75) is 32.7 Å². The second kappa shape index (κ2) is 8.01. The third kappa shape index (κ3) is 4.47. The molecule has 0 amide bonds. The van der Waals surface area contributed by atoms with E-state index in [4.69, 9.17) is 9.47 Å². The van der Waals surface area contributed by atoms with Gasteiger partial charge in [0.1, 0.15) is 5.75 Å². The largest absolute Gasteiger partial charge is 0.493 e. The maximum absolute atomic E-state index is 6.09. The van der Waals surface area contributed by atoms with Crippen LogP contribution in [0.25, 0.3) is 0 Å². The Kier molecular flexibility index (Phi) is 6.33. The Morgan fingerprint density at radius 3 is 2.80 bits per heavy atom. The number of methoxy groups -OCH3 is 1. The van der Waals surface area contributed by atoms with Gasteiger partial charge in [0.2, 0.25) is 0 Å². The molecule has 3 nitrogen and oxygen atoms in total. The van der Waals surface area contributed by atoms with Crippen LogP contribution in [0.2, 0.25) is 0 Å². The molecule has 0 spiro atoms. The van der Waals surface area contributed by atoms with Crippen LogP contribution >= 0.6 is 15.9 Å². The number of nitrogens with one attached hydrogen (secondary N) is 1. The monoisotopic (exact) mass is 341 g/mol. The molecule has 0 atom stereocenters. The fourth-order valence-corrected chi connectivity index (χ4v) is 3.01. The Bertz CT molecular complexity index is 433. The summed E-state index contributed by atoms with van der Waals surface area (Å²) in [7, 11) is 1.72. The molecule has 0 aliphatic heterocycles. The molecule has 0 bridgehead atoms. The van der Waals surface area contributed by atoms with Crippen LogP contribution in [0.3, 0.4) is 0 Å². The zero-order valence-corrected chi connectivity index (χ0v) is 14.0. The summed E-state index contributed by atoms with van der Waals surface area (Å²) < 4.78 is 12.3. The summed E-state index contributed by atoms with van der Waals surface area (Å²) in [6, 6.07) is 4.26. The lowest BCUT2D eigenvalue weighted by molar-refractivity contribution is 0.178. The molecule has 20 heavy (non-hydrogen) atoms. The molecular formula is C16H24BrNO2. The van der Waals surface area contributed by atoms with Crippen LogP contribution in [0.1, 0.15) is 30.4 Å². The highest BCUT2D eigenvalue weighted by Crippen LogP contribution is 2.31.